The number of carbonyl (C=O) groups excluding carboxylic acids is 1. The standard InChI is InChI=1S/C15H18N4O6S/c20-15-18(12-7-16-8-13(12)25-15)10-5-6-17(9-10)26(23,24)14-4-2-1-3-11(14)19(21)22/h1-4,10,12-13,16H,5-9H2/t10?,12-,13+/m1/s1. The molecule has 1 aromatic rings. The van der Waals surface area contributed by atoms with Crippen LogP contribution in [0.5, 0.6) is 0 Å². The molecule has 1 unspecified atom stereocenters. The molecule has 3 heterocycles. The van der Waals surface area contributed by atoms with Gasteiger partial charge in [0.25, 0.3) is 5.69 Å². The van der Waals surface area contributed by atoms with Crippen molar-refractivity contribution in [3.05, 3.63) is 34.4 Å². The maximum absolute atomic E-state index is 12.9. The van der Waals surface area contributed by atoms with Gasteiger partial charge in [-0.1, -0.05) is 12.1 Å². The topological polar surface area (TPSA) is 122 Å². The van der Waals surface area contributed by atoms with Crippen LogP contribution in [0.4, 0.5) is 10.5 Å². The Hall–Kier alpha value is -2.24. The molecule has 1 N–H and O–H groups in total. The zero-order chi connectivity index (χ0) is 18.5. The molecule has 3 aliphatic heterocycles. The van der Waals surface area contributed by atoms with E-state index in [4.69, 9.17) is 4.74 Å². The second-order valence-electron chi connectivity index (χ2n) is 6.59. The lowest BCUT2D eigenvalue weighted by molar-refractivity contribution is -0.387. The summed E-state index contributed by atoms with van der Waals surface area (Å²) < 4.78 is 32.4. The molecule has 0 bridgehead atoms. The van der Waals surface area contributed by atoms with Crippen LogP contribution in [0, 0.1) is 10.1 Å². The number of amides is 1. The van der Waals surface area contributed by atoms with Crippen LogP contribution >= 0.6 is 0 Å². The molecular weight excluding hydrogens is 364 g/mol. The summed E-state index contributed by atoms with van der Waals surface area (Å²) in [5.41, 5.74) is -0.448. The van der Waals surface area contributed by atoms with E-state index < -0.39 is 26.7 Å². The number of fused-ring (bicyclic) bond motifs is 1. The predicted molar refractivity (Wildman–Crippen MR) is 89.0 cm³/mol. The SMILES string of the molecule is O=C1O[C@H]2CNC[C@H]2N1C1CCN(S(=O)(=O)c2ccccc2[N+](=O)[O-])C1. The lowest BCUT2D eigenvalue weighted by Gasteiger charge is -2.26. The fourth-order valence-corrected chi connectivity index (χ4v) is 5.56. The number of ether oxygens (including phenoxy) is 1. The molecule has 0 spiro atoms. The molecule has 0 saturated carbocycles. The molecule has 1 aromatic carbocycles. The van der Waals surface area contributed by atoms with E-state index in [9.17, 15) is 23.3 Å². The van der Waals surface area contributed by atoms with Crippen LogP contribution in [-0.4, -0.2) is 73.0 Å². The largest absolute Gasteiger partial charge is 0.442 e. The monoisotopic (exact) mass is 382 g/mol. The Balaban J connectivity index is 1.57. The first-order valence-corrected chi connectivity index (χ1v) is 9.77. The minimum Gasteiger partial charge on any atom is -0.442 e. The van der Waals surface area contributed by atoms with Gasteiger partial charge in [-0.05, 0) is 12.5 Å². The minimum atomic E-state index is -4.02. The average molecular weight is 382 g/mol. The lowest BCUT2D eigenvalue weighted by Crippen LogP contribution is -2.46. The van der Waals surface area contributed by atoms with E-state index in [1.807, 2.05) is 0 Å². The summed E-state index contributed by atoms with van der Waals surface area (Å²) in [5.74, 6) is 0. The third kappa shape index (κ3) is 2.63. The molecule has 3 fully saturated rings. The molecule has 11 heteroatoms. The van der Waals surface area contributed by atoms with Gasteiger partial charge in [0.15, 0.2) is 4.90 Å². The summed E-state index contributed by atoms with van der Waals surface area (Å²) in [7, 11) is -4.02. The number of benzene rings is 1. The Morgan fingerprint density at radius 2 is 2.04 bits per heavy atom. The maximum Gasteiger partial charge on any atom is 0.410 e. The molecule has 1 amide bonds. The number of carbonyl (C=O) groups is 1. The normalized spacial score (nSPS) is 29.0. The Kier molecular flexibility index (Phi) is 4.09. The highest BCUT2D eigenvalue weighted by Gasteiger charge is 2.50. The Morgan fingerprint density at radius 3 is 2.81 bits per heavy atom. The van der Waals surface area contributed by atoms with Crippen molar-refractivity contribution < 1.29 is 22.9 Å². The van der Waals surface area contributed by atoms with E-state index in [1.165, 1.54) is 28.6 Å². The van der Waals surface area contributed by atoms with Gasteiger partial charge in [-0.25, -0.2) is 13.2 Å². The fourth-order valence-electron chi connectivity index (χ4n) is 3.91. The van der Waals surface area contributed by atoms with Gasteiger partial charge in [-0.15, -0.1) is 0 Å². The molecule has 140 valence electrons. The molecule has 0 radical (unpaired) electrons. The number of nitro groups is 1. The van der Waals surface area contributed by atoms with Crippen molar-refractivity contribution >= 4 is 21.8 Å². The highest BCUT2D eigenvalue weighted by atomic mass is 32.2. The summed E-state index contributed by atoms with van der Waals surface area (Å²) in [6, 6.07) is 4.91. The van der Waals surface area contributed by atoms with E-state index >= 15 is 0 Å². The smallest absolute Gasteiger partial charge is 0.410 e. The molecule has 10 nitrogen and oxygen atoms in total. The van der Waals surface area contributed by atoms with Crippen LogP contribution in [0.2, 0.25) is 0 Å². The molecule has 4 rings (SSSR count). The van der Waals surface area contributed by atoms with Crippen LogP contribution in [0.1, 0.15) is 6.42 Å². The number of rotatable bonds is 4. The van der Waals surface area contributed by atoms with Crippen molar-refractivity contribution in [2.45, 2.75) is 29.5 Å². The molecule has 0 aliphatic carbocycles. The van der Waals surface area contributed by atoms with Gasteiger partial charge in [0.05, 0.1) is 17.0 Å². The molecular formula is C15H18N4O6S. The number of nitrogens with one attached hydrogen (secondary N) is 1. The van der Waals surface area contributed by atoms with Crippen molar-refractivity contribution in [3.8, 4) is 0 Å². The van der Waals surface area contributed by atoms with E-state index in [0.29, 0.717) is 19.5 Å². The summed E-state index contributed by atoms with van der Waals surface area (Å²) >= 11 is 0. The summed E-state index contributed by atoms with van der Waals surface area (Å²) in [4.78, 5) is 23.9. The number of sulfonamides is 1. The lowest BCUT2D eigenvalue weighted by atomic mass is 10.1. The molecule has 26 heavy (non-hydrogen) atoms. The van der Waals surface area contributed by atoms with Gasteiger partial charge in [0.1, 0.15) is 6.10 Å². The van der Waals surface area contributed by atoms with Gasteiger partial charge in [0, 0.05) is 32.2 Å². The number of nitrogens with zero attached hydrogens (tertiary/aromatic N) is 3. The van der Waals surface area contributed by atoms with Crippen molar-refractivity contribution in [2.75, 3.05) is 26.2 Å². The van der Waals surface area contributed by atoms with Gasteiger partial charge in [0.2, 0.25) is 10.0 Å². The highest BCUT2D eigenvalue weighted by molar-refractivity contribution is 7.89. The van der Waals surface area contributed by atoms with Crippen LogP contribution < -0.4 is 5.32 Å². The fraction of sp³-hybridized carbons (Fsp3) is 0.533. The Morgan fingerprint density at radius 1 is 1.27 bits per heavy atom. The summed E-state index contributed by atoms with van der Waals surface area (Å²) in [6.45, 7) is 1.52. The third-order valence-corrected chi connectivity index (χ3v) is 7.06. The number of hydrogen-bond donors (Lipinski definition) is 1. The summed E-state index contributed by atoms with van der Waals surface area (Å²) in [6.07, 6.45) is -0.155. The molecule has 3 atom stereocenters. The number of nitro benzene ring substituents is 1. The van der Waals surface area contributed by atoms with Crippen molar-refractivity contribution in [2.24, 2.45) is 0 Å². The van der Waals surface area contributed by atoms with Crippen LogP contribution in [0.25, 0.3) is 0 Å². The quantitative estimate of drug-likeness (QED) is 0.581. The summed E-state index contributed by atoms with van der Waals surface area (Å²) in [5, 5.41) is 14.3. The maximum atomic E-state index is 12.9. The molecule has 3 saturated heterocycles. The van der Waals surface area contributed by atoms with Gasteiger partial charge in [-0.3, -0.25) is 15.0 Å². The first-order chi connectivity index (χ1) is 12.4. The van der Waals surface area contributed by atoms with E-state index in [0.717, 1.165) is 0 Å². The third-order valence-electron chi connectivity index (χ3n) is 5.15. The first kappa shape index (κ1) is 17.2. The number of para-hydroxylation sites is 1. The second-order valence-corrected chi connectivity index (χ2v) is 8.49. The van der Waals surface area contributed by atoms with Crippen molar-refractivity contribution in [1.29, 1.82) is 0 Å². The van der Waals surface area contributed by atoms with Crippen LogP contribution in [-0.2, 0) is 14.8 Å². The van der Waals surface area contributed by atoms with E-state index in [1.54, 1.807) is 4.90 Å². The van der Waals surface area contributed by atoms with Gasteiger partial charge in [-0.2, -0.15) is 4.31 Å². The van der Waals surface area contributed by atoms with E-state index in [2.05, 4.69) is 5.32 Å². The Bertz CT molecular complexity index is 859. The second kappa shape index (κ2) is 6.18. The van der Waals surface area contributed by atoms with E-state index in [-0.39, 0.29) is 36.2 Å². The van der Waals surface area contributed by atoms with Crippen molar-refractivity contribution in [3.63, 3.8) is 0 Å². The highest BCUT2D eigenvalue weighted by Crippen LogP contribution is 2.33. The van der Waals surface area contributed by atoms with Gasteiger partial charge >= 0.3 is 6.09 Å². The van der Waals surface area contributed by atoms with Crippen LogP contribution in [0.15, 0.2) is 29.2 Å². The predicted octanol–water partition coefficient (Wildman–Crippen LogP) is 0.150. The Labute approximate surface area is 149 Å². The van der Waals surface area contributed by atoms with Crippen LogP contribution in [0.3, 0.4) is 0 Å². The van der Waals surface area contributed by atoms with Gasteiger partial charge < -0.3 is 10.1 Å². The minimum absolute atomic E-state index is 0.0961. The molecule has 0 aromatic heterocycles. The average Bonchev–Trinajstić information content (AvgIpc) is 3.30. The van der Waals surface area contributed by atoms with Crippen molar-refractivity contribution in [1.82, 2.24) is 14.5 Å². The first-order valence-electron chi connectivity index (χ1n) is 8.33. The zero-order valence-electron chi connectivity index (χ0n) is 13.8. The molecule has 3 aliphatic rings. The number of hydrogen-bond acceptors (Lipinski definition) is 7. The zero-order valence-corrected chi connectivity index (χ0v) is 14.6.